The number of fused-ring (bicyclic) bond motifs is 1. The third-order valence-corrected chi connectivity index (χ3v) is 3.92. The molecule has 0 aliphatic heterocycles. The third kappa shape index (κ3) is 4.08. The summed E-state index contributed by atoms with van der Waals surface area (Å²) in [5.74, 6) is 0. The monoisotopic (exact) mass is 264 g/mol. The van der Waals surface area contributed by atoms with Crippen molar-refractivity contribution in [3.63, 3.8) is 0 Å². The molecule has 1 N–H and O–H groups in total. The molecule has 108 valence electrons. The van der Waals surface area contributed by atoms with Gasteiger partial charge < -0.3 is 14.6 Å². The summed E-state index contributed by atoms with van der Waals surface area (Å²) in [6, 6.07) is 0.565. The minimum atomic E-state index is 0.565. The van der Waals surface area contributed by atoms with Crippen molar-refractivity contribution in [3.8, 4) is 0 Å². The molecule has 1 heterocycles. The molecule has 2 rings (SSSR count). The molecule has 0 fully saturated rings. The molecule has 0 amide bonds. The summed E-state index contributed by atoms with van der Waals surface area (Å²) in [4.78, 5) is 0. The second kappa shape index (κ2) is 7.71. The maximum Gasteiger partial charge on any atom is 0.0482 e. The molecule has 1 aliphatic carbocycles. The summed E-state index contributed by atoms with van der Waals surface area (Å²) in [5.41, 5.74) is 3.09. The maximum absolute atomic E-state index is 5.41. The highest BCUT2D eigenvalue weighted by Gasteiger charge is 2.19. The molecule has 1 aromatic rings. The molecule has 1 atom stereocenters. The van der Waals surface area contributed by atoms with Gasteiger partial charge in [0, 0.05) is 38.2 Å². The Bertz CT molecular complexity index is 373. The fourth-order valence-corrected chi connectivity index (χ4v) is 3.00. The molecule has 0 saturated carbocycles. The Hall–Kier alpha value is -0.800. The van der Waals surface area contributed by atoms with Gasteiger partial charge in [-0.25, -0.2) is 0 Å². The summed E-state index contributed by atoms with van der Waals surface area (Å²) < 4.78 is 7.77. The lowest BCUT2D eigenvalue weighted by atomic mass is 10.0. The maximum atomic E-state index is 5.41. The van der Waals surface area contributed by atoms with Gasteiger partial charge in [-0.05, 0) is 50.3 Å². The zero-order chi connectivity index (χ0) is 13.5. The van der Waals surface area contributed by atoms with E-state index in [0.29, 0.717) is 6.04 Å². The second-order valence-electron chi connectivity index (χ2n) is 5.38. The summed E-state index contributed by atoms with van der Waals surface area (Å²) in [6.45, 7) is 8.08. The Labute approximate surface area is 117 Å². The number of aryl methyl sites for hydroxylation is 2. The van der Waals surface area contributed by atoms with Crippen LogP contribution in [0.1, 0.15) is 56.7 Å². The van der Waals surface area contributed by atoms with E-state index in [-0.39, 0.29) is 0 Å². The smallest absolute Gasteiger partial charge is 0.0482 e. The van der Waals surface area contributed by atoms with Gasteiger partial charge in [-0.1, -0.05) is 13.3 Å². The van der Waals surface area contributed by atoms with Gasteiger partial charge in [0.15, 0.2) is 0 Å². The summed E-state index contributed by atoms with van der Waals surface area (Å²) in [6.07, 6.45) is 11.0. The van der Waals surface area contributed by atoms with Crippen LogP contribution < -0.4 is 5.32 Å². The molecule has 1 unspecified atom stereocenters. The highest BCUT2D eigenvalue weighted by molar-refractivity contribution is 5.29. The average Bonchev–Trinajstić information content (AvgIpc) is 2.73. The standard InChI is InChI=1S/C16H28N2O/c1-3-17-16-9-6-5-8-14-12-18(13-15(14)16)10-7-11-19-4-2/h12-13,16-17H,3-11H2,1-2H3. The van der Waals surface area contributed by atoms with E-state index in [4.69, 9.17) is 4.74 Å². The number of ether oxygens (including phenoxy) is 1. The van der Waals surface area contributed by atoms with Crippen LogP contribution in [-0.2, 0) is 17.7 Å². The fraction of sp³-hybridized carbons (Fsp3) is 0.750. The first-order chi connectivity index (χ1) is 9.35. The van der Waals surface area contributed by atoms with Gasteiger partial charge in [0.05, 0.1) is 0 Å². The Kier molecular flexibility index (Phi) is 5.93. The molecular weight excluding hydrogens is 236 g/mol. The molecule has 0 saturated heterocycles. The van der Waals surface area contributed by atoms with E-state index in [1.165, 1.54) is 31.2 Å². The first kappa shape index (κ1) is 14.6. The fourth-order valence-electron chi connectivity index (χ4n) is 3.00. The van der Waals surface area contributed by atoms with Gasteiger partial charge >= 0.3 is 0 Å². The molecule has 0 radical (unpaired) electrons. The second-order valence-corrected chi connectivity index (χ2v) is 5.38. The van der Waals surface area contributed by atoms with E-state index in [1.807, 2.05) is 0 Å². The van der Waals surface area contributed by atoms with E-state index < -0.39 is 0 Å². The van der Waals surface area contributed by atoms with Crippen molar-refractivity contribution < 1.29 is 4.74 Å². The summed E-state index contributed by atoms with van der Waals surface area (Å²) in [7, 11) is 0. The molecule has 3 nitrogen and oxygen atoms in total. The molecule has 19 heavy (non-hydrogen) atoms. The number of rotatable bonds is 7. The van der Waals surface area contributed by atoms with Crippen LogP contribution in [0.15, 0.2) is 12.4 Å². The molecule has 1 aromatic heterocycles. The zero-order valence-electron chi connectivity index (χ0n) is 12.5. The SMILES string of the molecule is CCNC1CCCCc2cn(CCCOCC)cc21. The first-order valence-electron chi connectivity index (χ1n) is 7.84. The van der Waals surface area contributed by atoms with E-state index >= 15 is 0 Å². The Morgan fingerprint density at radius 1 is 1.32 bits per heavy atom. The lowest BCUT2D eigenvalue weighted by Gasteiger charge is -2.15. The van der Waals surface area contributed by atoms with Gasteiger partial charge in [-0.2, -0.15) is 0 Å². The van der Waals surface area contributed by atoms with Gasteiger partial charge in [-0.15, -0.1) is 0 Å². The van der Waals surface area contributed by atoms with Crippen LogP contribution in [0.4, 0.5) is 0 Å². The Balaban J connectivity index is 1.98. The average molecular weight is 264 g/mol. The number of aromatic nitrogens is 1. The van der Waals surface area contributed by atoms with Crippen molar-refractivity contribution in [2.75, 3.05) is 19.8 Å². The number of nitrogens with one attached hydrogen (secondary N) is 1. The van der Waals surface area contributed by atoms with Gasteiger partial charge in [0.25, 0.3) is 0 Å². The predicted octanol–water partition coefficient (Wildman–Crippen LogP) is 3.29. The zero-order valence-corrected chi connectivity index (χ0v) is 12.5. The van der Waals surface area contributed by atoms with Crippen molar-refractivity contribution in [1.82, 2.24) is 9.88 Å². The lowest BCUT2D eigenvalue weighted by Crippen LogP contribution is -2.20. The van der Waals surface area contributed by atoms with Crippen LogP contribution in [-0.4, -0.2) is 24.3 Å². The topological polar surface area (TPSA) is 26.2 Å². The minimum Gasteiger partial charge on any atom is -0.382 e. The van der Waals surface area contributed by atoms with Crippen molar-refractivity contribution >= 4 is 0 Å². The molecule has 3 heteroatoms. The van der Waals surface area contributed by atoms with Gasteiger partial charge in [0.2, 0.25) is 0 Å². The largest absolute Gasteiger partial charge is 0.382 e. The van der Waals surface area contributed by atoms with Crippen LogP contribution >= 0.6 is 0 Å². The van der Waals surface area contributed by atoms with Crippen molar-refractivity contribution in [2.24, 2.45) is 0 Å². The molecular formula is C16H28N2O. The number of hydrogen-bond donors (Lipinski definition) is 1. The Morgan fingerprint density at radius 3 is 3.00 bits per heavy atom. The third-order valence-electron chi connectivity index (χ3n) is 3.92. The Morgan fingerprint density at radius 2 is 2.21 bits per heavy atom. The quantitative estimate of drug-likeness (QED) is 0.604. The van der Waals surface area contributed by atoms with Crippen molar-refractivity contribution in [1.29, 1.82) is 0 Å². The van der Waals surface area contributed by atoms with Gasteiger partial charge in [0.1, 0.15) is 0 Å². The van der Waals surface area contributed by atoms with Gasteiger partial charge in [-0.3, -0.25) is 0 Å². The van der Waals surface area contributed by atoms with E-state index in [1.54, 1.807) is 5.56 Å². The van der Waals surface area contributed by atoms with Crippen LogP contribution in [0.3, 0.4) is 0 Å². The predicted molar refractivity (Wildman–Crippen MR) is 79.5 cm³/mol. The summed E-state index contributed by atoms with van der Waals surface area (Å²) in [5, 5.41) is 3.63. The molecule has 0 spiro atoms. The van der Waals surface area contributed by atoms with Crippen molar-refractivity contribution in [3.05, 3.63) is 23.5 Å². The normalized spacial score (nSPS) is 19.2. The van der Waals surface area contributed by atoms with Crippen LogP contribution in [0, 0.1) is 0 Å². The van der Waals surface area contributed by atoms with E-state index in [9.17, 15) is 0 Å². The summed E-state index contributed by atoms with van der Waals surface area (Å²) >= 11 is 0. The molecule has 1 aliphatic rings. The minimum absolute atomic E-state index is 0.565. The van der Waals surface area contributed by atoms with Crippen LogP contribution in [0.25, 0.3) is 0 Å². The number of hydrogen-bond acceptors (Lipinski definition) is 2. The highest BCUT2D eigenvalue weighted by Crippen LogP contribution is 2.29. The first-order valence-corrected chi connectivity index (χ1v) is 7.84. The lowest BCUT2D eigenvalue weighted by molar-refractivity contribution is 0.141. The van der Waals surface area contributed by atoms with Crippen molar-refractivity contribution in [2.45, 2.75) is 58.5 Å². The van der Waals surface area contributed by atoms with Crippen LogP contribution in [0.2, 0.25) is 0 Å². The van der Waals surface area contributed by atoms with E-state index in [2.05, 4.69) is 36.1 Å². The van der Waals surface area contributed by atoms with Crippen LogP contribution in [0.5, 0.6) is 0 Å². The highest BCUT2D eigenvalue weighted by atomic mass is 16.5. The van der Waals surface area contributed by atoms with E-state index in [0.717, 1.165) is 32.7 Å². The molecule has 0 bridgehead atoms. The molecule has 0 aromatic carbocycles. The number of nitrogens with zero attached hydrogens (tertiary/aromatic N) is 1.